The lowest BCUT2D eigenvalue weighted by Gasteiger charge is -2.12. The van der Waals surface area contributed by atoms with Gasteiger partial charge < -0.3 is 5.32 Å². The van der Waals surface area contributed by atoms with E-state index in [1.54, 1.807) is 4.68 Å². The average molecular weight is 207 g/mol. The fourth-order valence-corrected chi connectivity index (χ4v) is 1.80. The van der Waals surface area contributed by atoms with Crippen molar-refractivity contribution in [3.05, 3.63) is 17.5 Å². The van der Waals surface area contributed by atoms with Crippen LogP contribution in [0.15, 0.2) is 6.20 Å². The Morgan fingerprint density at radius 3 is 2.80 bits per heavy atom. The molecule has 2 rings (SSSR count). The van der Waals surface area contributed by atoms with Crippen molar-refractivity contribution in [3.63, 3.8) is 0 Å². The molecule has 1 aliphatic rings. The van der Waals surface area contributed by atoms with Crippen molar-refractivity contribution in [1.82, 2.24) is 15.1 Å². The molecule has 1 N–H and O–H groups in total. The molecule has 82 valence electrons. The summed E-state index contributed by atoms with van der Waals surface area (Å²) in [6.07, 6.45) is 4.06. The van der Waals surface area contributed by atoms with Gasteiger partial charge in [-0.15, -0.1) is 0 Å². The van der Waals surface area contributed by atoms with Crippen LogP contribution in [0.4, 0.5) is 0 Å². The summed E-state index contributed by atoms with van der Waals surface area (Å²) in [6.45, 7) is 3.97. The first-order valence-electron chi connectivity index (χ1n) is 5.38. The van der Waals surface area contributed by atoms with Gasteiger partial charge in [-0.2, -0.15) is 5.10 Å². The van der Waals surface area contributed by atoms with Crippen LogP contribution in [0.1, 0.15) is 37.1 Å². The van der Waals surface area contributed by atoms with Gasteiger partial charge in [-0.25, -0.2) is 0 Å². The standard InChI is InChI=1S/C11H17N3O/c1-7(12-11(15)9-4-5-9)10-6-14(3)13-8(10)2/h6-7,9H,4-5H2,1-3H3,(H,12,15)/t7-/m0/s1. The maximum atomic E-state index is 11.6. The van der Waals surface area contributed by atoms with Crippen LogP contribution in [0.5, 0.6) is 0 Å². The third-order valence-corrected chi connectivity index (χ3v) is 2.82. The minimum atomic E-state index is 0.0619. The van der Waals surface area contributed by atoms with E-state index in [0.29, 0.717) is 0 Å². The first kappa shape index (κ1) is 10.2. The summed E-state index contributed by atoms with van der Waals surface area (Å²) in [6, 6.07) is 0.0619. The normalized spacial score (nSPS) is 17.5. The van der Waals surface area contributed by atoms with Gasteiger partial charge in [0.25, 0.3) is 0 Å². The lowest BCUT2D eigenvalue weighted by atomic mass is 10.1. The Labute approximate surface area is 89.7 Å². The molecular weight excluding hydrogens is 190 g/mol. The molecule has 1 heterocycles. The topological polar surface area (TPSA) is 46.9 Å². The van der Waals surface area contributed by atoms with Gasteiger partial charge >= 0.3 is 0 Å². The number of aryl methyl sites for hydroxylation is 2. The molecule has 1 atom stereocenters. The van der Waals surface area contributed by atoms with Crippen molar-refractivity contribution >= 4 is 5.91 Å². The smallest absolute Gasteiger partial charge is 0.223 e. The van der Waals surface area contributed by atoms with Gasteiger partial charge in [0, 0.05) is 24.7 Å². The zero-order chi connectivity index (χ0) is 11.0. The van der Waals surface area contributed by atoms with Crippen molar-refractivity contribution in [3.8, 4) is 0 Å². The van der Waals surface area contributed by atoms with Crippen LogP contribution in [-0.4, -0.2) is 15.7 Å². The molecule has 0 radical (unpaired) electrons. The SMILES string of the molecule is Cc1nn(C)cc1[C@H](C)NC(=O)C1CC1. The Bertz CT molecular complexity index is 379. The van der Waals surface area contributed by atoms with E-state index in [-0.39, 0.29) is 17.9 Å². The second-order valence-electron chi connectivity index (χ2n) is 4.35. The fraction of sp³-hybridized carbons (Fsp3) is 0.636. The van der Waals surface area contributed by atoms with E-state index in [2.05, 4.69) is 10.4 Å². The summed E-state index contributed by atoms with van der Waals surface area (Å²) in [7, 11) is 1.89. The van der Waals surface area contributed by atoms with Gasteiger partial charge in [-0.05, 0) is 26.7 Å². The Kier molecular flexibility index (Phi) is 2.50. The molecule has 1 fully saturated rings. The number of hydrogen-bond donors (Lipinski definition) is 1. The molecule has 0 bridgehead atoms. The van der Waals surface area contributed by atoms with Crippen molar-refractivity contribution < 1.29 is 4.79 Å². The number of nitrogens with one attached hydrogen (secondary N) is 1. The van der Waals surface area contributed by atoms with E-state index < -0.39 is 0 Å². The zero-order valence-electron chi connectivity index (χ0n) is 9.45. The molecule has 0 aromatic carbocycles. The van der Waals surface area contributed by atoms with Gasteiger partial charge in [-0.1, -0.05) is 0 Å². The molecule has 1 aromatic rings. The highest BCUT2D eigenvalue weighted by Crippen LogP contribution is 2.29. The van der Waals surface area contributed by atoms with E-state index in [0.717, 1.165) is 24.1 Å². The molecule has 1 saturated carbocycles. The lowest BCUT2D eigenvalue weighted by Crippen LogP contribution is -2.28. The molecule has 4 nitrogen and oxygen atoms in total. The Balaban J connectivity index is 2.03. The molecular formula is C11H17N3O. The maximum absolute atomic E-state index is 11.6. The van der Waals surface area contributed by atoms with Crippen molar-refractivity contribution in [2.24, 2.45) is 13.0 Å². The van der Waals surface area contributed by atoms with Crippen LogP contribution in [0, 0.1) is 12.8 Å². The minimum Gasteiger partial charge on any atom is -0.349 e. The number of nitrogens with zero attached hydrogens (tertiary/aromatic N) is 2. The first-order valence-corrected chi connectivity index (χ1v) is 5.38. The molecule has 0 spiro atoms. The van der Waals surface area contributed by atoms with Gasteiger partial charge in [0.15, 0.2) is 0 Å². The second kappa shape index (κ2) is 3.68. The third kappa shape index (κ3) is 2.19. The molecule has 0 aliphatic heterocycles. The summed E-state index contributed by atoms with van der Waals surface area (Å²) in [4.78, 5) is 11.6. The molecule has 15 heavy (non-hydrogen) atoms. The predicted molar refractivity (Wildman–Crippen MR) is 57.2 cm³/mol. The fourth-order valence-electron chi connectivity index (χ4n) is 1.80. The monoisotopic (exact) mass is 207 g/mol. The van der Waals surface area contributed by atoms with Crippen LogP contribution in [0.2, 0.25) is 0 Å². The summed E-state index contributed by atoms with van der Waals surface area (Å²) >= 11 is 0. The largest absolute Gasteiger partial charge is 0.349 e. The van der Waals surface area contributed by atoms with Crippen molar-refractivity contribution in [2.45, 2.75) is 32.7 Å². The van der Waals surface area contributed by atoms with Crippen molar-refractivity contribution in [2.75, 3.05) is 0 Å². The predicted octanol–water partition coefficient (Wildman–Crippen LogP) is 1.32. The van der Waals surface area contributed by atoms with Gasteiger partial charge in [0.1, 0.15) is 0 Å². The summed E-state index contributed by atoms with van der Waals surface area (Å²) in [5.74, 6) is 0.454. The highest BCUT2D eigenvalue weighted by Gasteiger charge is 2.30. The van der Waals surface area contributed by atoms with E-state index in [1.165, 1.54) is 0 Å². The molecule has 1 aromatic heterocycles. The average Bonchev–Trinajstić information content (AvgIpc) is 2.92. The quantitative estimate of drug-likeness (QED) is 0.812. The van der Waals surface area contributed by atoms with E-state index in [4.69, 9.17) is 0 Å². The van der Waals surface area contributed by atoms with E-state index in [9.17, 15) is 4.79 Å². The molecule has 1 amide bonds. The van der Waals surface area contributed by atoms with Crippen LogP contribution < -0.4 is 5.32 Å². The zero-order valence-corrected chi connectivity index (χ0v) is 9.45. The molecule has 0 unspecified atom stereocenters. The summed E-state index contributed by atoms with van der Waals surface area (Å²) in [5, 5.41) is 7.29. The number of carbonyl (C=O) groups excluding carboxylic acids is 1. The maximum Gasteiger partial charge on any atom is 0.223 e. The number of amides is 1. The van der Waals surface area contributed by atoms with E-state index >= 15 is 0 Å². The summed E-state index contributed by atoms with van der Waals surface area (Å²) in [5.41, 5.74) is 2.09. The van der Waals surface area contributed by atoms with Gasteiger partial charge in [-0.3, -0.25) is 9.48 Å². The Hall–Kier alpha value is -1.32. The number of aromatic nitrogens is 2. The first-order chi connectivity index (χ1) is 7.08. The summed E-state index contributed by atoms with van der Waals surface area (Å²) < 4.78 is 1.78. The Morgan fingerprint density at radius 1 is 1.67 bits per heavy atom. The van der Waals surface area contributed by atoms with Crippen LogP contribution >= 0.6 is 0 Å². The number of carbonyl (C=O) groups is 1. The number of rotatable bonds is 3. The van der Waals surface area contributed by atoms with E-state index in [1.807, 2.05) is 27.1 Å². The van der Waals surface area contributed by atoms with Crippen molar-refractivity contribution in [1.29, 1.82) is 0 Å². The Morgan fingerprint density at radius 2 is 2.33 bits per heavy atom. The third-order valence-electron chi connectivity index (χ3n) is 2.82. The lowest BCUT2D eigenvalue weighted by molar-refractivity contribution is -0.122. The molecule has 1 aliphatic carbocycles. The highest BCUT2D eigenvalue weighted by molar-refractivity contribution is 5.81. The van der Waals surface area contributed by atoms with Crippen LogP contribution in [-0.2, 0) is 11.8 Å². The molecule has 0 saturated heterocycles. The number of hydrogen-bond acceptors (Lipinski definition) is 2. The second-order valence-corrected chi connectivity index (χ2v) is 4.35. The minimum absolute atomic E-state index is 0.0619. The molecule has 4 heteroatoms. The van der Waals surface area contributed by atoms with Gasteiger partial charge in [0.2, 0.25) is 5.91 Å². The van der Waals surface area contributed by atoms with Crippen LogP contribution in [0.25, 0.3) is 0 Å². The van der Waals surface area contributed by atoms with Crippen LogP contribution in [0.3, 0.4) is 0 Å². The van der Waals surface area contributed by atoms with Gasteiger partial charge in [0.05, 0.1) is 11.7 Å². The highest BCUT2D eigenvalue weighted by atomic mass is 16.2.